The topological polar surface area (TPSA) is 41.6 Å². The van der Waals surface area contributed by atoms with Crippen molar-refractivity contribution < 1.29 is 9.53 Å². The number of nitrogens with zero attached hydrogens (tertiary/aromatic N) is 1. The molecule has 15 heavy (non-hydrogen) atoms. The lowest BCUT2D eigenvalue weighted by Crippen LogP contribution is -2.20. The molecule has 0 rings (SSSR count). The van der Waals surface area contributed by atoms with E-state index < -0.39 is 0 Å². The highest BCUT2D eigenvalue weighted by Crippen LogP contribution is 1.91. The molecule has 0 heterocycles. The molecule has 0 radical (unpaired) electrons. The molecular formula is C11H24N2O2. The molecule has 0 aromatic carbocycles. The van der Waals surface area contributed by atoms with E-state index in [4.69, 9.17) is 0 Å². The van der Waals surface area contributed by atoms with E-state index in [2.05, 4.69) is 29.0 Å². The van der Waals surface area contributed by atoms with Crippen molar-refractivity contribution in [2.24, 2.45) is 0 Å². The Bertz CT molecular complexity index is 161. The van der Waals surface area contributed by atoms with Gasteiger partial charge < -0.3 is 15.0 Å². The van der Waals surface area contributed by atoms with Gasteiger partial charge in [0.1, 0.15) is 0 Å². The summed E-state index contributed by atoms with van der Waals surface area (Å²) in [6.45, 7) is 3.08. The lowest BCUT2D eigenvalue weighted by Gasteiger charge is -2.09. The van der Waals surface area contributed by atoms with E-state index in [1.807, 2.05) is 0 Å². The summed E-state index contributed by atoms with van der Waals surface area (Å²) in [4.78, 5) is 13.0. The fourth-order valence-electron chi connectivity index (χ4n) is 1.26. The maximum absolute atomic E-state index is 10.8. The first-order valence-corrected chi connectivity index (χ1v) is 5.59. The van der Waals surface area contributed by atoms with Crippen LogP contribution in [0.3, 0.4) is 0 Å². The number of carbonyl (C=O) groups is 1. The molecule has 0 aliphatic heterocycles. The molecule has 4 heteroatoms. The van der Waals surface area contributed by atoms with Gasteiger partial charge in [0, 0.05) is 6.42 Å². The number of unbranched alkanes of at least 4 members (excludes halogenated alkanes) is 1. The highest BCUT2D eigenvalue weighted by atomic mass is 16.5. The van der Waals surface area contributed by atoms with Gasteiger partial charge in [-0.25, -0.2) is 0 Å². The molecule has 4 nitrogen and oxygen atoms in total. The summed E-state index contributed by atoms with van der Waals surface area (Å²) in [5.41, 5.74) is 0. The Kier molecular flexibility index (Phi) is 9.52. The van der Waals surface area contributed by atoms with E-state index >= 15 is 0 Å². The Morgan fingerprint density at radius 2 is 1.87 bits per heavy atom. The van der Waals surface area contributed by atoms with E-state index in [0.29, 0.717) is 6.42 Å². The van der Waals surface area contributed by atoms with Gasteiger partial charge in [0.2, 0.25) is 0 Å². The van der Waals surface area contributed by atoms with Crippen molar-refractivity contribution in [1.82, 2.24) is 10.2 Å². The molecule has 0 bridgehead atoms. The minimum atomic E-state index is -0.121. The molecule has 0 amide bonds. The smallest absolute Gasteiger partial charge is 0.305 e. The third-order valence-electron chi connectivity index (χ3n) is 2.17. The Morgan fingerprint density at radius 1 is 1.20 bits per heavy atom. The van der Waals surface area contributed by atoms with Crippen LogP contribution < -0.4 is 5.32 Å². The minimum absolute atomic E-state index is 0.121. The van der Waals surface area contributed by atoms with E-state index in [1.165, 1.54) is 20.0 Å². The monoisotopic (exact) mass is 216 g/mol. The molecule has 0 saturated carbocycles. The molecule has 0 aromatic heterocycles. The van der Waals surface area contributed by atoms with Gasteiger partial charge in [0.15, 0.2) is 0 Å². The summed E-state index contributed by atoms with van der Waals surface area (Å²) in [6, 6.07) is 0. The quantitative estimate of drug-likeness (QED) is 0.459. The Balaban J connectivity index is 3.02. The molecular weight excluding hydrogens is 192 g/mol. The summed E-state index contributed by atoms with van der Waals surface area (Å²) in [5.74, 6) is -0.121. The SMILES string of the molecule is COC(=O)CCCNCCCCN(C)C. The second kappa shape index (κ2) is 9.93. The van der Waals surface area contributed by atoms with Crippen LogP contribution in [0.15, 0.2) is 0 Å². The van der Waals surface area contributed by atoms with Gasteiger partial charge in [-0.2, -0.15) is 0 Å². The highest BCUT2D eigenvalue weighted by molar-refractivity contribution is 5.68. The molecule has 0 spiro atoms. The number of esters is 1. The van der Waals surface area contributed by atoms with E-state index in [9.17, 15) is 4.79 Å². The number of hydrogen-bond donors (Lipinski definition) is 1. The van der Waals surface area contributed by atoms with Gasteiger partial charge in [-0.1, -0.05) is 0 Å². The van der Waals surface area contributed by atoms with Crippen LogP contribution in [-0.4, -0.2) is 51.7 Å². The molecule has 0 aliphatic rings. The Morgan fingerprint density at radius 3 is 2.47 bits per heavy atom. The van der Waals surface area contributed by atoms with E-state index in [0.717, 1.165) is 26.1 Å². The zero-order chi connectivity index (χ0) is 11.5. The molecule has 0 aromatic rings. The van der Waals surface area contributed by atoms with Crippen LogP contribution in [0.4, 0.5) is 0 Å². The summed E-state index contributed by atoms with van der Waals surface area (Å²) in [5, 5.41) is 3.31. The van der Waals surface area contributed by atoms with Gasteiger partial charge in [-0.15, -0.1) is 0 Å². The average Bonchev–Trinajstić information content (AvgIpc) is 2.21. The zero-order valence-corrected chi connectivity index (χ0v) is 10.2. The second-order valence-corrected chi connectivity index (χ2v) is 3.94. The molecule has 0 aliphatic carbocycles. The van der Waals surface area contributed by atoms with Crippen molar-refractivity contribution in [2.75, 3.05) is 40.8 Å². The van der Waals surface area contributed by atoms with Gasteiger partial charge >= 0.3 is 5.97 Å². The maximum atomic E-state index is 10.8. The number of methoxy groups -OCH3 is 1. The molecule has 0 fully saturated rings. The van der Waals surface area contributed by atoms with Gasteiger partial charge in [-0.3, -0.25) is 4.79 Å². The van der Waals surface area contributed by atoms with Crippen molar-refractivity contribution in [3.63, 3.8) is 0 Å². The third kappa shape index (κ3) is 11.3. The molecule has 0 unspecified atom stereocenters. The van der Waals surface area contributed by atoms with Crippen molar-refractivity contribution in [3.8, 4) is 0 Å². The normalized spacial score (nSPS) is 10.7. The largest absolute Gasteiger partial charge is 0.469 e. The summed E-state index contributed by atoms with van der Waals surface area (Å²) in [6.07, 6.45) is 3.79. The summed E-state index contributed by atoms with van der Waals surface area (Å²) in [7, 11) is 5.60. The number of hydrogen-bond acceptors (Lipinski definition) is 4. The average molecular weight is 216 g/mol. The Labute approximate surface area is 93.0 Å². The fourth-order valence-corrected chi connectivity index (χ4v) is 1.26. The third-order valence-corrected chi connectivity index (χ3v) is 2.17. The van der Waals surface area contributed by atoms with Gasteiger partial charge in [0.25, 0.3) is 0 Å². The van der Waals surface area contributed by atoms with Crippen molar-refractivity contribution >= 4 is 5.97 Å². The number of ether oxygens (including phenoxy) is 1. The number of rotatable bonds is 9. The van der Waals surface area contributed by atoms with E-state index in [-0.39, 0.29) is 5.97 Å². The maximum Gasteiger partial charge on any atom is 0.305 e. The minimum Gasteiger partial charge on any atom is -0.469 e. The molecule has 90 valence electrons. The predicted molar refractivity (Wildman–Crippen MR) is 61.9 cm³/mol. The lowest BCUT2D eigenvalue weighted by atomic mass is 10.3. The van der Waals surface area contributed by atoms with Crippen LogP contribution >= 0.6 is 0 Å². The standard InChI is InChI=1S/C11H24N2O2/c1-13(2)10-5-4-8-12-9-6-7-11(14)15-3/h12H,4-10H2,1-3H3. The Hall–Kier alpha value is -0.610. The predicted octanol–water partition coefficient (Wildman–Crippen LogP) is 0.871. The van der Waals surface area contributed by atoms with Crippen LogP contribution in [0.2, 0.25) is 0 Å². The van der Waals surface area contributed by atoms with Crippen molar-refractivity contribution in [3.05, 3.63) is 0 Å². The van der Waals surface area contributed by atoms with Crippen LogP contribution in [0.25, 0.3) is 0 Å². The number of carbonyl (C=O) groups excluding carboxylic acids is 1. The highest BCUT2D eigenvalue weighted by Gasteiger charge is 1.98. The lowest BCUT2D eigenvalue weighted by molar-refractivity contribution is -0.140. The molecule has 1 N–H and O–H groups in total. The fraction of sp³-hybridized carbons (Fsp3) is 0.909. The van der Waals surface area contributed by atoms with Crippen LogP contribution in [-0.2, 0) is 9.53 Å². The van der Waals surface area contributed by atoms with Crippen LogP contribution in [0.5, 0.6) is 0 Å². The van der Waals surface area contributed by atoms with Crippen LogP contribution in [0, 0.1) is 0 Å². The second-order valence-electron chi connectivity index (χ2n) is 3.94. The molecule has 0 atom stereocenters. The first-order valence-electron chi connectivity index (χ1n) is 5.59. The van der Waals surface area contributed by atoms with Gasteiger partial charge in [0.05, 0.1) is 7.11 Å². The van der Waals surface area contributed by atoms with Gasteiger partial charge in [-0.05, 0) is 53.0 Å². The first-order chi connectivity index (χ1) is 7.16. The van der Waals surface area contributed by atoms with E-state index in [1.54, 1.807) is 0 Å². The van der Waals surface area contributed by atoms with Crippen LogP contribution in [0.1, 0.15) is 25.7 Å². The molecule has 0 saturated heterocycles. The van der Waals surface area contributed by atoms with Crippen molar-refractivity contribution in [1.29, 1.82) is 0 Å². The first kappa shape index (κ1) is 14.4. The summed E-state index contributed by atoms with van der Waals surface area (Å²) < 4.78 is 4.55. The zero-order valence-electron chi connectivity index (χ0n) is 10.2. The summed E-state index contributed by atoms with van der Waals surface area (Å²) >= 11 is 0. The van der Waals surface area contributed by atoms with Crippen molar-refractivity contribution in [2.45, 2.75) is 25.7 Å². The number of nitrogens with one attached hydrogen (secondary N) is 1.